The Morgan fingerprint density at radius 3 is 1.50 bits per heavy atom. The third-order valence-corrected chi connectivity index (χ3v) is 11.1. The summed E-state index contributed by atoms with van der Waals surface area (Å²) in [6.45, 7) is 0. The summed E-state index contributed by atoms with van der Waals surface area (Å²) in [7, 11) is 0. The maximum Gasteiger partial charge on any atom is 0.160 e. The molecular weight excluding hydrogens is 705 g/mol. The van der Waals surface area contributed by atoms with E-state index in [1.165, 1.54) is 32.7 Å². The molecule has 3 heterocycles. The summed E-state index contributed by atoms with van der Waals surface area (Å²) in [6.07, 6.45) is 1.84. The molecule has 0 fully saturated rings. The first-order valence-corrected chi connectivity index (χ1v) is 19.5. The van der Waals surface area contributed by atoms with Crippen molar-refractivity contribution >= 4 is 43.4 Å². The topological polar surface area (TPSA) is 51.6 Å². The third kappa shape index (κ3) is 6.05. The molecule has 3 aromatic heterocycles. The number of benzene rings is 8. The van der Waals surface area contributed by atoms with Crippen LogP contribution in [-0.4, -0.2) is 19.9 Å². The Kier molecular flexibility index (Phi) is 8.11. The highest BCUT2D eigenvalue weighted by Gasteiger charge is 2.17. The summed E-state index contributed by atoms with van der Waals surface area (Å²) in [4.78, 5) is 20.6. The van der Waals surface area contributed by atoms with Crippen molar-refractivity contribution in [1.29, 1.82) is 0 Å². The molecule has 0 saturated heterocycles. The molecular formula is C54H34N4. The van der Waals surface area contributed by atoms with E-state index in [9.17, 15) is 0 Å². The van der Waals surface area contributed by atoms with Gasteiger partial charge in [-0.3, -0.25) is 4.98 Å². The Labute approximate surface area is 335 Å². The minimum atomic E-state index is 0.671. The predicted octanol–water partition coefficient (Wildman–Crippen LogP) is 13.9. The van der Waals surface area contributed by atoms with Crippen LogP contribution in [-0.2, 0) is 0 Å². The number of hydrogen-bond acceptors (Lipinski definition) is 4. The van der Waals surface area contributed by atoms with E-state index >= 15 is 0 Å². The van der Waals surface area contributed by atoms with Gasteiger partial charge in [0.15, 0.2) is 5.82 Å². The fourth-order valence-electron chi connectivity index (χ4n) is 8.20. The van der Waals surface area contributed by atoms with E-state index in [4.69, 9.17) is 19.9 Å². The zero-order valence-electron chi connectivity index (χ0n) is 31.4. The summed E-state index contributed by atoms with van der Waals surface area (Å²) in [6, 6.07) is 70.5. The van der Waals surface area contributed by atoms with E-state index in [0.717, 1.165) is 72.3 Å². The Morgan fingerprint density at radius 1 is 0.276 bits per heavy atom. The van der Waals surface area contributed by atoms with E-state index in [2.05, 4.69) is 170 Å². The van der Waals surface area contributed by atoms with Crippen molar-refractivity contribution in [3.05, 3.63) is 206 Å². The van der Waals surface area contributed by atoms with Crippen LogP contribution in [0.1, 0.15) is 0 Å². The van der Waals surface area contributed by atoms with Crippen LogP contribution in [0.3, 0.4) is 0 Å². The largest absolute Gasteiger partial charge is 0.254 e. The first-order valence-electron chi connectivity index (χ1n) is 19.5. The average Bonchev–Trinajstić information content (AvgIpc) is 3.31. The number of fused-ring (bicyclic) bond motifs is 5. The maximum atomic E-state index is 5.34. The Bertz CT molecular complexity index is 3270. The second-order valence-corrected chi connectivity index (χ2v) is 14.7. The minimum Gasteiger partial charge on any atom is -0.254 e. The Hall–Kier alpha value is -7.82. The van der Waals surface area contributed by atoms with Gasteiger partial charge < -0.3 is 0 Å². The van der Waals surface area contributed by atoms with Gasteiger partial charge in [-0.1, -0.05) is 158 Å². The average molecular weight is 739 g/mol. The lowest BCUT2D eigenvalue weighted by Gasteiger charge is -2.16. The molecule has 4 heteroatoms. The van der Waals surface area contributed by atoms with Crippen LogP contribution in [0.2, 0.25) is 0 Å². The second kappa shape index (κ2) is 14.0. The minimum absolute atomic E-state index is 0.671. The zero-order valence-corrected chi connectivity index (χ0v) is 31.4. The fraction of sp³-hybridized carbons (Fsp3) is 0. The standard InChI is InChI=1S/C54H34N4/c1-3-12-35(13-4-1)36-21-23-37(24-22-36)49-34-50(58-54(57-49)40-14-5-2-6-15-40)44-31-43(48-28-27-39-26-25-38-18-11-29-55-52(38)53(39)56-48)32-45(33-44)51-46-19-9-7-16-41(46)30-42-17-8-10-20-47(42)51/h1-34H. The van der Waals surface area contributed by atoms with Crippen molar-refractivity contribution in [1.82, 2.24) is 19.9 Å². The molecule has 0 N–H and O–H groups in total. The lowest BCUT2D eigenvalue weighted by atomic mass is 9.89. The SMILES string of the molecule is c1ccc(-c2ccc(-c3cc(-c4cc(-c5ccc6ccc7cccnc7c6n5)cc(-c5c6ccccc6cc6ccccc56)c4)nc(-c4ccccc4)n3)cc2)cc1. The van der Waals surface area contributed by atoms with Gasteiger partial charge in [-0.05, 0) is 86.3 Å². The molecule has 8 aromatic carbocycles. The fourth-order valence-corrected chi connectivity index (χ4v) is 8.20. The van der Waals surface area contributed by atoms with E-state index in [1.54, 1.807) is 0 Å². The number of pyridine rings is 2. The Morgan fingerprint density at radius 2 is 0.793 bits per heavy atom. The molecule has 11 aromatic rings. The first kappa shape index (κ1) is 33.5. The van der Waals surface area contributed by atoms with Gasteiger partial charge in [0.2, 0.25) is 0 Å². The number of rotatable bonds is 6. The molecule has 58 heavy (non-hydrogen) atoms. The number of nitrogens with zero attached hydrogens (tertiary/aromatic N) is 4. The smallest absolute Gasteiger partial charge is 0.160 e. The van der Waals surface area contributed by atoms with Crippen LogP contribution in [0.15, 0.2) is 206 Å². The number of aromatic nitrogens is 4. The summed E-state index contributed by atoms with van der Waals surface area (Å²) in [5, 5.41) is 6.89. The molecule has 0 aliphatic rings. The van der Waals surface area contributed by atoms with Crippen molar-refractivity contribution in [2.45, 2.75) is 0 Å². The van der Waals surface area contributed by atoms with Gasteiger partial charge in [0.1, 0.15) is 0 Å². The van der Waals surface area contributed by atoms with Crippen LogP contribution in [0.4, 0.5) is 0 Å². The monoisotopic (exact) mass is 738 g/mol. The quantitative estimate of drug-likeness (QED) is 0.126. The normalized spacial score (nSPS) is 11.4. The molecule has 0 atom stereocenters. The summed E-state index contributed by atoms with van der Waals surface area (Å²) < 4.78 is 0. The summed E-state index contributed by atoms with van der Waals surface area (Å²) in [5.74, 6) is 0.671. The summed E-state index contributed by atoms with van der Waals surface area (Å²) in [5.41, 5.74) is 12.9. The van der Waals surface area contributed by atoms with Gasteiger partial charge in [0.05, 0.1) is 28.1 Å². The highest BCUT2D eigenvalue weighted by molar-refractivity contribution is 6.13. The molecule has 0 bridgehead atoms. The van der Waals surface area contributed by atoms with Crippen molar-refractivity contribution in [2.24, 2.45) is 0 Å². The lowest BCUT2D eigenvalue weighted by Crippen LogP contribution is -1.97. The maximum absolute atomic E-state index is 5.34. The van der Waals surface area contributed by atoms with Crippen LogP contribution in [0.25, 0.3) is 111 Å². The van der Waals surface area contributed by atoms with Crippen LogP contribution < -0.4 is 0 Å². The summed E-state index contributed by atoms with van der Waals surface area (Å²) >= 11 is 0. The highest BCUT2D eigenvalue weighted by atomic mass is 14.9. The van der Waals surface area contributed by atoms with E-state index in [0.29, 0.717) is 5.82 Å². The van der Waals surface area contributed by atoms with Gasteiger partial charge in [0.25, 0.3) is 0 Å². The van der Waals surface area contributed by atoms with Crippen molar-refractivity contribution in [2.75, 3.05) is 0 Å². The van der Waals surface area contributed by atoms with Gasteiger partial charge in [-0.2, -0.15) is 0 Å². The molecule has 0 amide bonds. The van der Waals surface area contributed by atoms with Crippen LogP contribution in [0, 0.1) is 0 Å². The molecule has 0 saturated carbocycles. The van der Waals surface area contributed by atoms with Crippen molar-refractivity contribution in [3.63, 3.8) is 0 Å². The Balaban J connectivity index is 1.17. The molecule has 0 aliphatic carbocycles. The molecule has 0 unspecified atom stereocenters. The molecule has 0 radical (unpaired) electrons. The second-order valence-electron chi connectivity index (χ2n) is 14.7. The molecule has 0 aliphatic heterocycles. The van der Waals surface area contributed by atoms with Crippen LogP contribution in [0.5, 0.6) is 0 Å². The van der Waals surface area contributed by atoms with Gasteiger partial charge in [-0.15, -0.1) is 0 Å². The highest BCUT2D eigenvalue weighted by Crippen LogP contribution is 2.41. The molecule has 270 valence electrons. The van der Waals surface area contributed by atoms with Crippen molar-refractivity contribution < 1.29 is 0 Å². The van der Waals surface area contributed by atoms with Crippen molar-refractivity contribution in [3.8, 4) is 67.4 Å². The third-order valence-electron chi connectivity index (χ3n) is 11.1. The zero-order chi connectivity index (χ0) is 38.4. The number of hydrogen-bond donors (Lipinski definition) is 0. The van der Waals surface area contributed by atoms with E-state index in [1.807, 2.05) is 36.5 Å². The predicted molar refractivity (Wildman–Crippen MR) is 240 cm³/mol. The van der Waals surface area contributed by atoms with E-state index < -0.39 is 0 Å². The molecule has 0 spiro atoms. The first-order chi connectivity index (χ1) is 28.7. The molecule has 4 nitrogen and oxygen atoms in total. The molecule has 11 rings (SSSR count). The lowest BCUT2D eigenvalue weighted by molar-refractivity contribution is 1.18. The van der Waals surface area contributed by atoms with Gasteiger partial charge >= 0.3 is 0 Å². The van der Waals surface area contributed by atoms with Gasteiger partial charge in [0, 0.05) is 39.2 Å². The van der Waals surface area contributed by atoms with Gasteiger partial charge in [-0.25, -0.2) is 15.0 Å². The van der Waals surface area contributed by atoms with Crippen LogP contribution >= 0.6 is 0 Å². The van der Waals surface area contributed by atoms with E-state index in [-0.39, 0.29) is 0 Å².